The van der Waals surface area contributed by atoms with E-state index < -0.39 is 11.4 Å². The van der Waals surface area contributed by atoms with Gasteiger partial charge in [-0.2, -0.15) is 0 Å². The summed E-state index contributed by atoms with van der Waals surface area (Å²) in [6.45, 7) is 28.6. The number of ether oxygens (including phenoxy) is 1. The van der Waals surface area contributed by atoms with Crippen LogP contribution in [0, 0.1) is 62.1 Å². The highest BCUT2D eigenvalue weighted by atomic mass is 16.5. The fourth-order valence-corrected chi connectivity index (χ4v) is 13.7. The Bertz CT molecular complexity index is 1250. The molecule has 0 aliphatic heterocycles. The van der Waals surface area contributed by atoms with Crippen molar-refractivity contribution in [1.82, 2.24) is 5.32 Å². The fraction of sp³-hybridized carbons (Fsp3) is 0.905. The van der Waals surface area contributed by atoms with E-state index in [1.807, 2.05) is 13.8 Å². The molecule has 6 heteroatoms. The topological polar surface area (TPSA) is 95.9 Å². The summed E-state index contributed by atoms with van der Waals surface area (Å²) in [4.78, 5) is 24.6. The van der Waals surface area contributed by atoms with Crippen LogP contribution in [-0.4, -0.2) is 46.9 Å². The minimum atomic E-state index is -0.874. The summed E-state index contributed by atoms with van der Waals surface area (Å²) in [5.41, 5.74) is 1.51. The molecule has 0 aromatic carbocycles. The van der Waals surface area contributed by atoms with E-state index in [0.717, 1.165) is 19.4 Å². The molecular formula is C42H71NO5. The predicted molar refractivity (Wildman–Crippen MR) is 193 cm³/mol. The lowest BCUT2D eigenvalue weighted by atomic mass is 9.32. The summed E-state index contributed by atoms with van der Waals surface area (Å²) in [7, 11) is 0. The molecule has 3 N–H and O–H groups in total. The third-order valence-electron chi connectivity index (χ3n) is 16.3. The third-order valence-corrected chi connectivity index (χ3v) is 16.3. The van der Waals surface area contributed by atoms with Gasteiger partial charge in [0, 0.05) is 11.0 Å². The monoisotopic (exact) mass is 670 g/mol. The van der Waals surface area contributed by atoms with Crippen LogP contribution in [0.5, 0.6) is 0 Å². The average Bonchev–Trinajstić information content (AvgIpc) is 3.34. The molecule has 274 valence electrons. The zero-order chi connectivity index (χ0) is 35.7. The molecule has 5 rings (SSSR count). The smallest absolute Gasteiger partial charge is 0.306 e. The van der Waals surface area contributed by atoms with Crippen molar-refractivity contribution < 1.29 is 24.5 Å². The SMILES string of the molecule is C=C(C)[C@@H]1CC[C@]2(CCNC(C)(C)CO)CC[C@]3(C)[C@H](CC[C@@H]4[C@@]5(C)CC[C@H](OC(=O)CC(C)(C)CC(=O)O)C(C)(C)[C@@H]5CC[C@]43C)[C@@H]12. The number of hydrogen-bond acceptors (Lipinski definition) is 5. The molecule has 0 saturated heterocycles. The molecule has 5 aliphatic rings. The zero-order valence-corrected chi connectivity index (χ0v) is 32.4. The van der Waals surface area contributed by atoms with Gasteiger partial charge in [-0.15, -0.1) is 0 Å². The lowest BCUT2D eigenvalue weighted by Gasteiger charge is -2.73. The molecule has 10 atom stereocenters. The van der Waals surface area contributed by atoms with Gasteiger partial charge in [0.15, 0.2) is 0 Å². The second-order valence-corrected chi connectivity index (χ2v) is 20.5. The van der Waals surface area contributed by atoms with Crippen LogP contribution in [0.4, 0.5) is 0 Å². The highest BCUT2D eigenvalue weighted by molar-refractivity contribution is 5.73. The molecule has 5 fully saturated rings. The Balaban J connectivity index is 1.37. The largest absolute Gasteiger partial charge is 0.481 e. The number of aliphatic hydroxyl groups is 1. The van der Waals surface area contributed by atoms with E-state index in [0.29, 0.717) is 35.0 Å². The molecule has 0 spiro atoms. The maximum absolute atomic E-state index is 13.2. The first-order valence-corrected chi connectivity index (χ1v) is 19.5. The Morgan fingerprint density at radius 1 is 0.854 bits per heavy atom. The van der Waals surface area contributed by atoms with Crippen molar-refractivity contribution in [3.8, 4) is 0 Å². The van der Waals surface area contributed by atoms with Crippen LogP contribution in [-0.2, 0) is 14.3 Å². The second-order valence-electron chi connectivity index (χ2n) is 20.5. The highest BCUT2D eigenvalue weighted by Crippen LogP contribution is 2.78. The van der Waals surface area contributed by atoms with Gasteiger partial charge in [-0.1, -0.05) is 60.6 Å². The molecule has 48 heavy (non-hydrogen) atoms. The molecule has 0 bridgehead atoms. The Morgan fingerprint density at radius 3 is 2.17 bits per heavy atom. The van der Waals surface area contributed by atoms with E-state index in [-0.39, 0.29) is 58.7 Å². The summed E-state index contributed by atoms with van der Waals surface area (Å²) >= 11 is 0. The average molecular weight is 670 g/mol. The van der Waals surface area contributed by atoms with Gasteiger partial charge in [-0.05, 0) is 155 Å². The molecule has 0 unspecified atom stereocenters. The number of carbonyl (C=O) groups excluding carboxylic acids is 1. The summed E-state index contributed by atoms with van der Waals surface area (Å²) in [5, 5.41) is 22.9. The van der Waals surface area contributed by atoms with Crippen LogP contribution >= 0.6 is 0 Å². The van der Waals surface area contributed by atoms with Gasteiger partial charge in [0.1, 0.15) is 6.10 Å². The number of allylic oxidation sites excluding steroid dienone is 1. The Labute approximate surface area is 293 Å². The van der Waals surface area contributed by atoms with E-state index in [1.54, 1.807) is 0 Å². The quantitative estimate of drug-likeness (QED) is 0.150. The molecule has 6 nitrogen and oxygen atoms in total. The van der Waals surface area contributed by atoms with Gasteiger partial charge >= 0.3 is 11.9 Å². The van der Waals surface area contributed by atoms with Gasteiger partial charge in [0.05, 0.1) is 19.4 Å². The van der Waals surface area contributed by atoms with Crippen molar-refractivity contribution in [2.75, 3.05) is 13.2 Å². The summed E-state index contributed by atoms with van der Waals surface area (Å²) < 4.78 is 6.28. The predicted octanol–water partition coefficient (Wildman–Crippen LogP) is 9.20. The highest BCUT2D eigenvalue weighted by Gasteiger charge is 2.71. The maximum atomic E-state index is 13.2. The van der Waals surface area contributed by atoms with Crippen LogP contribution in [0.2, 0.25) is 0 Å². The molecule has 0 amide bonds. The van der Waals surface area contributed by atoms with Crippen LogP contribution in [0.3, 0.4) is 0 Å². The number of carbonyl (C=O) groups is 2. The molecular weight excluding hydrogens is 598 g/mol. The zero-order valence-electron chi connectivity index (χ0n) is 32.4. The summed E-state index contributed by atoms with van der Waals surface area (Å²) in [6.07, 6.45) is 13.4. The van der Waals surface area contributed by atoms with Crippen molar-refractivity contribution in [1.29, 1.82) is 0 Å². The standard InChI is InChI=1S/C42H71NO5/c1-27(2)28-14-19-42(22-23-43-37(5,6)26-44)21-20-40(10)29(35(28)42)12-13-31-39(9)17-16-32(38(7,8)30(39)15-18-41(31,40)11)48-34(47)25-36(3,4)24-33(45)46/h28-32,35,43-44H,1,12-26H2,2-11H3,(H,45,46)/t28-,29+,30-,31+,32-,35+,39-,40+,41+,42+/m0/s1. The summed E-state index contributed by atoms with van der Waals surface area (Å²) in [5.74, 6) is 2.02. The van der Waals surface area contributed by atoms with Gasteiger partial charge in [0.25, 0.3) is 0 Å². The van der Waals surface area contributed by atoms with Crippen LogP contribution < -0.4 is 5.32 Å². The molecule has 5 aliphatic carbocycles. The number of carboxylic acid groups (broad SMARTS) is 1. The lowest BCUT2D eigenvalue weighted by molar-refractivity contribution is -0.250. The van der Waals surface area contributed by atoms with Crippen molar-refractivity contribution in [2.45, 2.75) is 164 Å². The van der Waals surface area contributed by atoms with Gasteiger partial charge in [-0.25, -0.2) is 0 Å². The Kier molecular flexibility index (Phi) is 9.99. The molecule has 0 heterocycles. The first kappa shape index (κ1) is 37.8. The van der Waals surface area contributed by atoms with E-state index in [1.165, 1.54) is 63.4 Å². The van der Waals surface area contributed by atoms with Crippen molar-refractivity contribution in [3.63, 3.8) is 0 Å². The number of hydrogen-bond donors (Lipinski definition) is 3. The van der Waals surface area contributed by atoms with Crippen LogP contribution in [0.25, 0.3) is 0 Å². The number of aliphatic hydroxyl groups excluding tert-OH is 1. The van der Waals surface area contributed by atoms with Crippen molar-refractivity contribution >= 4 is 11.9 Å². The number of fused-ring (bicyclic) bond motifs is 7. The lowest BCUT2D eigenvalue weighted by Crippen LogP contribution is -2.66. The first-order chi connectivity index (χ1) is 22.1. The van der Waals surface area contributed by atoms with Crippen LogP contribution in [0.1, 0.15) is 153 Å². The Hall–Kier alpha value is -1.40. The number of esters is 1. The van der Waals surface area contributed by atoms with Crippen molar-refractivity contribution in [2.24, 2.45) is 62.1 Å². The molecule has 0 aromatic heterocycles. The molecule has 0 aromatic rings. The van der Waals surface area contributed by atoms with Crippen LogP contribution in [0.15, 0.2) is 12.2 Å². The second kappa shape index (κ2) is 12.7. The van der Waals surface area contributed by atoms with E-state index in [2.05, 4.69) is 67.3 Å². The van der Waals surface area contributed by atoms with Crippen molar-refractivity contribution in [3.05, 3.63) is 12.2 Å². The van der Waals surface area contributed by atoms with Gasteiger partial charge in [0.2, 0.25) is 0 Å². The first-order valence-electron chi connectivity index (χ1n) is 19.5. The number of nitrogens with one attached hydrogen (secondary N) is 1. The number of rotatable bonds is 11. The summed E-state index contributed by atoms with van der Waals surface area (Å²) in [6, 6.07) is 0. The maximum Gasteiger partial charge on any atom is 0.306 e. The van der Waals surface area contributed by atoms with Gasteiger partial charge < -0.3 is 20.3 Å². The third kappa shape index (κ3) is 6.24. The Morgan fingerprint density at radius 2 is 1.54 bits per heavy atom. The van der Waals surface area contributed by atoms with E-state index >= 15 is 0 Å². The fourth-order valence-electron chi connectivity index (χ4n) is 13.7. The molecule has 0 radical (unpaired) electrons. The minimum Gasteiger partial charge on any atom is -0.481 e. The number of carboxylic acids is 1. The minimum absolute atomic E-state index is 0.0370. The van der Waals surface area contributed by atoms with E-state index in [9.17, 15) is 19.8 Å². The number of aliphatic carboxylic acids is 1. The normalized spacial score (nSPS) is 42.1. The van der Waals surface area contributed by atoms with E-state index in [4.69, 9.17) is 4.74 Å². The molecule has 5 saturated carbocycles. The van der Waals surface area contributed by atoms with Gasteiger partial charge in [-0.3, -0.25) is 9.59 Å².